The van der Waals surface area contributed by atoms with Crippen LogP contribution in [0.3, 0.4) is 0 Å². The van der Waals surface area contributed by atoms with Crippen LogP contribution in [-0.2, 0) is 13.6 Å². The summed E-state index contributed by atoms with van der Waals surface area (Å²) >= 11 is 0. The Hall–Kier alpha value is -2.02. The van der Waals surface area contributed by atoms with Crippen LogP contribution in [0, 0.1) is 12.3 Å². The average Bonchev–Trinajstić information content (AvgIpc) is 2.87. The number of rotatable bonds is 4. The van der Waals surface area contributed by atoms with Crippen LogP contribution in [0.25, 0.3) is 11.6 Å². The second-order valence-corrected chi connectivity index (χ2v) is 3.61. The summed E-state index contributed by atoms with van der Waals surface area (Å²) in [6.07, 6.45) is 14.4. The maximum atomic E-state index is 5.23. The number of terminal acetylenes is 1. The second kappa shape index (κ2) is 4.67. The van der Waals surface area contributed by atoms with E-state index in [0.717, 1.165) is 31.0 Å². The van der Waals surface area contributed by atoms with E-state index < -0.39 is 0 Å². The second-order valence-electron chi connectivity index (χ2n) is 3.61. The van der Waals surface area contributed by atoms with Gasteiger partial charge in [-0.25, -0.2) is 9.97 Å². The summed E-state index contributed by atoms with van der Waals surface area (Å²) in [7, 11) is 1.96. The van der Waals surface area contributed by atoms with Gasteiger partial charge in [-0.05, 0) is 6.42 Å². The van der Waals surface area contributed by atoms with Crippen molar-refractivity contribution < 1.29 is 0 Å². The third-order valence-corrected chi connectivity index (χ3v) is 2.46. The van der Waals surface area contributed by atoms with E-state index >= 15 is 0 Å². The fourth-order valence-corrected chi connectivity index (χ4v) is 1.63. The molecular formula is C12H14N4. The number of aryl methyl sites for hydroxylation is 2. The van der Waals surface area contributed by atoms with Crippen molar-refractivity contribution in [1.82, 2.24) is 19.1 Å². The van der Waals surface area contributed by atoms with Crippen LogP contribution in [0.4, 0.5) is 0 Å². The molecule has 0 fully saturated rings. The zero-order valence-corrected chi connectivity index (χ0v) is 9.30. The van der Waals surface area contributed by atoms with Crippen molar-refractivity contribution in [2.24, 2.45) is 7.05 Å². The largest absolute Gasteiger partial charge is 0.331 e. The van der Waals surface area contributed by atoms with Crippen LogP contribution in [-0.4, -0.2) is 19.1 Å². The summed E-state index contributed by atoms with van der Waals surface area (Å²) < 4.78 is 4.04. The molecule has 2 aromatic rings. The lowest BCUT2D eigenvalue weighted by Crippen LogP contribution is -2.03. The lowest BCUT2D eigenvalue weighted by molar-refractivity contribution is 0.656. The van der Waals surface area contributed by atoms with Gasteiger partial charge < -0.3 is 9.13 Å². The fraction of sp³-hybridized carbons (Fsp3) is 0.333. The van der Waals surface area contributed by atoms with Gasteiger partial charge in [0.25, 0.3) is 0 Å². The predicted octanol–water partition coefficient (Wildman–Crippen LogP) is 1.70. The molecule has 4 heteroatoms. The standard InChI is InChI=1S/C12H14N4/c1-3-4-5-8-16-10-7-14-12(16)11-13-6-9-15(11)2/h1,6-7,9-10H,4-5,8H2,2H3. The van der Waals surface area contributed by atoms with Gasteiger partial charge in [-0.1, -0.05) is 0 Å². The SMILES string of the molecule is C#CCCCn1ccnc1-c1nccn1C. The fourth-order valence-electron chi connectivity index (χ4n) is 1.63. The Kier molecular flexibility index (Phi) is 3.06. The molecule has 0 amide bonds. The van der Waals surface area contributed by atoms with E-state index in [2.05, 4.69) is 20.5 Å². The Labute approximate surface area is 95.0 Å². The van der Waals surface area contributed by atoms with E-state index in [9.17, 15) is 0 Å². The Morgan fingerprint density at radius 2 is 2.00 bits per heavy atom. The first-order valence-corrected chi connectivity index (χ1v) is 5.25. The van der Waals surface area contributed by atoms with Gasteiger partial charge in [-0.15, -0.1) is 12.3 Å². The molecule has 2 rings (SSSR count). The number of unbranched alkanes of at least 4 members (excludes halogenated alkanes) is 1. The van der Waals surface area contributed by atoms with Crippen molar-refractivity contribution in [1.29, 1.82) is 0 Å². The molecule has 2 heterocycles. The molecule has 0 unspecified atom stereocenters. The Bertz CT molecular complexity index is 501. The van der Waals surface area contributed by atoms with Crippen molar-refractivity contribution in [2.75, 3.05) is 0 Å². The molecule has 82 valence electrons. The van der Waals surface area contributed by atoms with Crippen LogP contribution in [0.2, 0.25) is 0 Å². The normalized spacial score (nSPS) is 10.2. The van der Waals surface area contributed by atoms with Crippen molar-refractivity contribution in [3.63, 3.8) is 0 Å². The van der Waals surface area contributed by atoms with Gasteiger partial charge in [0.15, 0.2) is 11.6 Å². The van der Waals surface area contributed by atoms with Gasteiger partial charge in [-0.2, -0.15) is 0 Å². The molecular weight excluding hydrogens is 200 g/mol. The van der Waals surface area contributed by atoms with Gasteiger partial charge in [0.1, 0.15) is 0 Å². The summed E-state index contributed by atoms with van der Waals surface area (Å²) in [5, 5.41) is 0. The van der Waals surface area contributed by atoms with Crippen molar-refractivity contribution in [3.8, 4) is 24.0 Å². The smallest absolute Gasteiger partial charge is 0.176 e. The van der Waals surface area contributed by atoms with Gasteiger partial charge in [0.05, 0.1) is 0 Å². The molecule has 0 saturated carbocycles. The molecule has 0 aliphatic heterocycles. The summed E-state index contributed by atoms with van der Waals surface area (Å²) in [4.78, 5) is 8.61. The minimum Gasteiger partial charge on any atom is -0.331 e. The minimum absolute atomic E-state index is 0.790. The molecule has 0 N–H and O–H groups in total. The molecule has 2 aromatic heterocycles. The van der Waals surface area contributed by atoms with Crippen molar-refractivity contribution >= 4 is 0 Å². The Morgan fingerprint density at radius 1 is 1.25 bits per heavy atom. The topological polar surface area (TPSA) is 35.6 Å². The lowest BCUT2D eigenvalue weighted by Gasteiger charge is -2.06. The number of hydrogen-bond donors (Lipinski definition) is 0. The molecule has 0 radical (unpaired) electrons. The minimum atomic E-state index is 0.790. The van der Waals surface area contributed by atoms with Crippen LogP contribution in [0.1, 0.15) is 12.8 Å². The third-order valence-electron chi connectivity index (χ3n) is 2.46. The molecule has 4 nitrogen and oxygen atoms in total. The molecule has 0 spiro atoms. The number of nitrogens with zero attached hydrogens (tertiary/aromatic N) is 4. The van der Waals surface area contributed by atoms with Crippen molar-refractivity contribution in [2.45, 2.75) is 19.4 Å². The molecule has 0 aliphatic carbocycles. The Balaban J connectivity index is 2.20. The first-order valence-electron chi connectivity index (χ1n) is 5.25. The van der Waals surface area contributed by atoms with Crippen LogP contribution < -0.4 is 0 Å². The molecule has 0 bridgehead atoms. The summed E-state index contributed by atoms with van der Waals surface area (Å²) in [6, 6.07) is 0. The Morgan fingerprint density at radius 3 is 2.69 bits per heavy atom. The van der Waals surface area contributed by atoms with E-state index in [0.29, 0.717) is 0 Å². The molecule has 0 aromatic carbocycles. The number of imidazole rings is 2. The molecule has 0 aliphatic rings. The highest BCUT2D eigenvalue weighted by atomic mass is 15.1. The van der Waals surface area contributed by atoms with E-state index in [4.69, 9.17) is 6.42 Å². The van der Waals surface area contributed by atoms with Crippen molar-refractivity contribution in [3.05, 3.63) is 24.8 Å². The summed E-state index contributed by atoms with van der Waals surface area (Å²) in [5.41, 5.74) is 0. The highest BCUT2D eigenvalue weighted by Crippen LogP contribution is 2.14. The van der Waals surface area contributed by atoms with Gasteiger partial charge in [-0.3, -0.25) is 0 Å². The quantitative estimate of drug-likeness (QED) is 0.573. The van der Waals surface area contributed by atoms with Crippen LogP contribution in [0.15, 0.2) is 24.8 Å². The predicted molar refractivity (Wildman–Crippen MR) is 62.5 cm³/mol. The van der Waals surface area contributed by atoms with Gasteiger partial charge in [0, 0.05) is 44.8 Å². The van der Waals surface area contributed by atoms with Crippen LogP contribution in [0.5, 0.6) is 0 Å². The zero-order valence-electron chi connectivity index (χ0n) is 9.30. The average molecular weight is 214 g/mol. The highest BCUT2D eigenvalue weighted by Gasteiger charge is 2.09. The maximum Gasteiger partial charge on any atom is 0.176 e. The van der Waals surface area contributed by atoms with Crippen LogP contribution >= 0.6 is 0 Å². The van der Waals surface area contributed by atoms with E-state index in [1.54, 1.807) is 12.4 Å². The first kappa shape index (κ1) is 10.5. The molecule has 0 atom stereocenters. The zero-order chi connectivity index (χ0) is 11.4. The van der Waals surface area contributed by atoms with Gasteiger partial charge >= 0.3 is 0 Å². The van der Waals surface area contributed by atoms with E-state index in [1.807, 2.05) is 24.0 Å². The molecule has 16 heavy (non-hydrogen) atoms. The lowest BCUT2D eigenvalue weighted by atomic mass is 10.3. The number of aromatic nitrogens is 4. The number of hydrogen-bond acceptors (Lipinski definition) is 2. The van der Waals surface area contributed by atoms with E-state index in [1.165, 1.54) is 0 Å². The van der Waals surface area contributed by atoms with E-state index in [-0.39, 0.29) is 0 Å². The first-order chi connectivity index (χ1) is 7.83. The maximum absolute atomic E-state index is 5.23. The monoisotopic (exact) mass is 214 g/mol. The molecule has 0 saturated heterocycles. The summed E-state index contributed by atoms with van der Waals surface area (Å²) in [5.74, 6) is 4.41. The highest BCUT2D eigenvalue weighted by molar-refractivity contribution is 5.44. The third kappa shape index (κ3) is 1.98. The summed E-state index contributed by atoms with van der Waals surface area (Å²) in [6.45, 7) is 0.881. The van der Waals surface area contributed by atoms with Gasteiger partial charge in [0.2, 0.25) is 0 Å².